The molecule has 128 valence electrons. The molecule has 1 aliphatic rings. The molecule has 1 aliphatic heterocycles. The molecule has 1 aromatic heterocycles. The van der Waals surface area contributed by atoms with Gasteiger partial charge in [0.25, 0.3) is 0 Å². The molecule has 24 heavy (non-hydrogen) atoms. The normalized spacial score (nSPS) is 16.5. The fourth-order valence-electron chi connectivity index (χ4n) is 2.95. The van der Waals surface area contributed by atoms with Crippen molar-refractivity contribution in [2.75, 3.05) is 26.2 Å². The van der Waals surface area contributed by atoms with E-state index in [-0.39, 0.29) is 5.91 Å². The van der Waals surface area contributed by atoms with Crippen LogP contribution in [0.3, 0.4) is 0 Å². The van der Waals surface area contributed by atoms with Crippen molar-refractivity contribution in [1.82, 2.24) is 20.4 Å². The summed E-state index contributed by atoms with van der Waals surface area (Å²) in [6, 6.07) is 9.49. The first kappa shape index (κ1) is 17.0. The van der Waals surface area contributed by atoms with E-state index in [0.29, 0.717) is 13.2 Å². The smallest absolute Gasteiger partial charge is 0.248 e. The minimum Gasteiger partial charge on any atom is -0.492 e. The fraction of sp³-hybridized carbons (Fsp3) is 0.412. The van der Waals surface area contributed by atoms with Gasteiger partial charge in [-0.3, -0.25) is 9.48 Å². The van der Waals surface area contributed by atoms with Crippen molar-refractivity contribution in [3.05, 3.63) is 47.2 Å². The van der Waals surface area contributed by atoms with Crippen LogP contribution in [0.25, 0.3) is 0 Å². The van der Waals surface area contributed by atoms with Gasteiger partial charge in [0.2, 0.25) is 5.91 Å². The van der Waals surface area contributed by atoms with Gasteiger partial charge in [-0.2, -0.15) is 5.10 Å². The van der Waals surface area contributed by atoms with Gasteiger partial charge < -0.3 is 15.4 Å². The Kier molecular flexibility index (Phi) is 5.52. The number of nitrogens with one attached hydrogen (secondary N) is 2. The average Bonchev–Trinajstić information content (AvgIpc) is 3.16. The largest absolute Gasteiger partial charge is 0.492 e. The lowest BCUT2D eigenvalue weighted by Gasteiger charge is -2.36. The standard InChI is InChI=1S/C17H21BrN4O2/c18-14-2-4-15(5-3-14)24-13-11-20-16(23)17(6-9-19-10-7-17)22-12-1-8-21-22/h1-5,8,12,19H,6-7,9-11,13H2,(H,20,23). The van der Waals surface area contributed by atoms with Crippen molar-refractivity contribution >= 4 is 21.8 Å². The number of carbonyl (C=O) groups excluding carboxylic acids is 1. The van der Waals surface area contributed by atoms with Gasteiger partial charge in [0.05, 0.1) is 6.54 Å². The Morgan fingerprint density at radius 2 is 2.08 bits per heavy atom. The maximum atomic E-state index is 12.8. The van der Waals surface area contributed by atoms with Gasteiger partial charge in [0, 0.05) is 16.9 Å². The van der Waals surface area contributed by atoms with E-state index >= 15 is 0 Å². The lowest BCUT2D eigenvalue weighted by Crippen LogP contribution is -2.55. The van der Waals surface area contributed by atoms with Crippen molar-refractivity contribution in [3.63, 3.8) is 0 Å². The second kappa shape index (κ2) is 7.81. The topological polar surface area (TPSA) is 68.2 Å². The minimum absolute atomic E-state index is 0.00658. The fourth-order valence-corrected chi connectivity index (χ4v) is 3.22. The maximum absolute atomic E-state index is 12.8. The molecule has 3 rings (SSSR count). The molecule has 6 nitrogen and oxygen atoms in total. The summed E-state index contributed by atoms with van der Waals surface area (Å²) >= 11 is 3.39. The van der Waals surface area contributed by atoms with Gasteiger partial charge in [0.15, 0.2) is 0 Å². The van der Waals surface area contributed by atoms with Crippen molar-refractivity contribution < 1.29 is 9.53 Å². The summed E-state index contributed by atoms with van der Waals surface area (Å²) in [5.74, 6) is 0.795. The van der Waals surface area contributed by atoms with Gasteiger partial charge >= 0.3 is 0 Å². The number of amides is 1. The highest BCUT2D eigenvalue weighted by Gasteiger charge is 2.41. The van der Waals surface area contributed by atoms with E-state index in [1.807, 2.05) is 36.5 Å². The van der Waals surface area contributed by atoms with Gasteiger partial charge in [-0.1, -0.05) is 15.9 Å². The third kappa shape index (κ3) is 3.79. The predicted octanol–water partition coefficient (Wildman–Crippen LogP) is 1.92. The summed E-state index contributed by atoms with van der Waals surface area (Å²) in [6.45, 7) is 2.51. The molecule has 1 saturated heterocycles. The van der Waals surface area contributed by atoms with Gasteiger partial charge in [0.1, 0.15) is 17.9 Å². The maximum Gasteiger partial charge on any atom is 0.248 e. The van der Waals surface area contributed by atoms with Gasteiger partial charge in [-0.15, -0.1) is 0 Å². The Balaban J connectivity index is 1.55. The van der Waals surface area contributed by atoms with Crippen LogP contribution in [0.1, 0.15) is 12.8 Å². The first-order valence-corrected chi connectivity index (χ1v) is 8.87. The van der Waals surface area contributed by atoms with Crippen LogP contribution >= 0.6 is 15.9 Å². The summed E-state index contributed by atoms with van der Waals surface area (Å²) in [7, 11) is 0. The Morgan fingerprint density at radius 1 is 1.33 bits per heavy atom. The molecule has 0 atom stereocenters. The third-order valence-corrected chi connectivity index (χ3v) is 4.79. The zero-order valence-electron chi connectivity index (χ0n) is 13.4. The van der Waals surface area contributed by atoms with E-state index in [9.17, 15) is 4.79 Å². The van der Waals surface area contributed by atoms with Crippen molar-refractivity contribution in [2.24, 2.45) is 0 Å². The molecule has 1 fully saturated rings. The number of hydrogen-bond donors (Lipinski definition) is 2. The number of ether oxygens (including phenoxy) is 1. The lowest BCUT2D eigenvalue weighted by atomic mass is 9.87. The molecule has 7 heteroatoms. The molecule has 2 heterocycles. The van der Waals surface area contributed by atoms with Crippen molar-refractivity contribution in [1.29, 1.82) is 0 Å². The lowest BCUT2D eigenvalue weighted by molar-refractivity contribution is -0.132. The zero-order chi connectivity index (χ0) is 16.8. The summed E-state index contributed by atoms with van der Waals surface area (Å²) in [6.07, 6.45) is 5.04. The van der Waals surface area contributed by atoms with Crippen LogP contribution in [0.4, 0.5) is 0 Å². The molecule has 1 amide bonds. The van der Waals surface area contributed by atoms with Gasteiger partial charge in [-0.25, -0.2) is 0 Å². The summed E-state index contributed by atoms with van der Waals surface area (Å²) in [5.41, 5.74) is -0.605. The number of halogens is 1. The van der Waals surface area contributed by atoms with E-state index < -0.39 is 5.54 Å². The van der Waals surface area contributed by atoms with Crippen LogP contribution in [0.15, 0.2) is 47.2 Å². The first-order valence-electron chi connectivity index (χ1n) is 8.08. The molecule has 0 unspecified atom stereocenters. The summed E-state index contributed by atoms with van der Waals surface area (Å²) < 4.78 is 8.45. The van der Waals surface area contributed by atoms with E-state index in [0.717, 1.165) is 36.2 Å². The van der Waals surface area contributed by atoms with Crippen LogP contribution in [0.2, 0.25) is 0 Å². The quantitative estimate of drug-likeness (QED) is 0.736. The highest BCUT2D eigenvalue weighted by atomic mass is 79.9. The number of benzene rings is 1. The Labute approximate surface area is 149 Å². The van der Waals surface area contributed by atoms with Crippen LogP contribution in [0.5, 0.6) is 5.75 Å². The predicted molar refractivity (Wildman–Crippen MR) is 95.0 cm³/mol. The SMILES string of the molecule is O=C(NCCOc1ccc(Br)cc1)C1(n2cccn2)CCNCC1. The average molecular weight is 393 g/mol. The molecule has 0 radical (unpaired) electrons. The molecule has 0 spiro atoms. The van der Waals surface area contributed by atoms with Crippen LogP contribution in [-0.4, -0.2) is 41.9 Å². The Hall–Kier alpha value is -1.86. The second-order valence-corrected chi connectivity index (χ2v) is 6.71. The highest BCUT2D eigenvalue weighted by molar-refractivity contribution is 9.10. The molecule has 0 saturated carbocycles. The minimum atomic E-state index is -0.605. The molecule has 1 aromatic carbocycles. The number of hydrogen-bond acceptors (Lipinski definition) is 4. The molecular formula is C17H21BrN4O2. The first-order chi connectivity index (χ1) is 11.7. The van der Waals surface area contributed by atoms with Crippen molar-refractivity contribution in [3.8, 4) is 5.75 Å². The molecule has 0 aliphatic carbocycles. The highest BCUT2D eigenvalue weighted by Crippen LogP contribution is 2.27. The van der Waals surface area contributed by atoms with Gasteiger partial charge in [-0.05, 0) is 56.3 Å². The summed E-state index contributed by atoms with van der Waals surface area (Å²) in [5, 5.41) is 10.6. The third-order valence-electron chi connectivity index (χ3n) is 4.27. The molecule has 2 N–H and O–H groups in total. The van der Waals surface area contributed by atoms with E-state index in [1.54, 1.807) is 10.9 Å². The van der Waals surface area contributed by atoms with Crippen LogP contribution < -0.4 is 15.4 Å². The Bertz CT molecular complexity index is 652. The zero-order valence-corrected chi connectivity index (χ0v) is 15.0. The number of rotatable bonds is 6. The Morgan fingerprint density at radius 3 is 2.75 bits per heavy atom. The summed E-state index contributed by atoms with van der Waals surface area (Å²) in [4.78, 5) is 12.8. The number of nitrogens with zero attached hydrogens (tertiary/aromatic N) is 2. The monoisotopic (exact) mass is 392 g/mol. The van der Waals surface area contributed by atoms with Crippen molar-refractivity contribution in [2.45, 2.75) is 18.4 Å². The second-order valence-electron chi connectivity index (χ2n) is 5.79. The molecule has 0 bridgehead atoms. The van der Waals surface area contributed by atoms with E-state index in [2.05, 4.69) is 31.7 Å². The molecule has 2 aromatic rings. The molecular weight excluding hydrogens is 372 g/mol. The van der Waals surface area contributed by atoms with E-state index in [1.165, 1.54) is 0 Å². The number of piperidine rings is 1. The van der Waals surface area contributed by atoms with Crippen LogP contribution in [0, 0.1) is 0 Å². The van der Waals surface area contributed by atoms with Crippen LogP contribution in [-0.2, 0) is 10.3 Å². The van der Waals surface area contributed by atoms with E-state index in [4.69, 9.17) is 4.74 Å². The number of aromatic nitrogens is 2. The number of carbonyl (C=O) groups is 1.